The predicted octanol–water partition coefficient (Wildman–Crippen LogP) is 5.12. The lowest BCUT2D eigenvalue weighted by molar-refractivity contribution is -0.0149. The number of hydrogen-bond donors (Lipinski definition) is 1. The standard InChI is InChI=1S/C23H29NO3/c1-5-16(14-27-23(2,3)4)24-22(25)26-15-21-19-12-8-6-10-17(19)18-11-7-9-13-20(18)21/h6-13,16,21H,5,14-15H2,1-4H3,(H,24,25)/t16-/m0/s1. The maximum atomic E-state index is 12.3. The van der Waals surface area contributed by atoms with Crippen LogP contribution >= 0.6 is 0 Å². The normalized spacial score (nSPS) is 14.4. The summed E-state index contributed by atoms with van der Waals surface area (Å²) in [5.74, 6) is 0.0778. The SMILES string of the molecule is CC[C@@H](COC(C)(C)C)NC(=O)OCC1c2ccccc2-c2ccccc21. The van der Waals surface area contributed by atoms with Gasteiger partial charge in [-0.3, -0.25) is 0 Å². The van der Waals surface area contributed by atoms with Crippen molar-refractivity contribution in [1.29, 1.82) is 0 Å². The van der Waals surface area contributed by atoms with E-state index >= 15 is 0 Å². The van der Waals surface area contributed by atoms with Crippen LogP contribution in [0.25, 0.3) is 11.1 Å². The van der Waals surface area contributed by atoms with Crippen LogP contribution in [0.15, 0.2) is 48.5 Å². The first-order valence-electron chi connectivity index (χ1n) is 9.64. The summed E-state index contributed by atoms with van der Waals surface area (Å²) in [5.41, 5.74) is 4.67. The van der Waals surface area contributed by atoms with Crippen LogP contribution in [0, 0.1) is 0 Å². The van der Waals surface area contributed by atoms with Gasteiger partial charge in [0.05, 0.1) is 18.2 Å². The van der Waals surface area contributed by atoms with Gasteiger partial charge in [-0.15, -0.1) is 0 Å². The van der Waals surface area contributed by atoms with Gasteiger partial charge in [-0.25, -0.2) is 4.79 Å². The number of carbonyl (C=O) groups excluding carboxylic acids is 1. The Balaban J connectivity index is 1.62. The molecule has 144 valence electrons. The van der Waals surface area contributed by atoms with Crippen LogP contribution < -0.4 is 5.32 Å². The maximum absolute atomic E-state index is 12.3. The van der Waals surface area contributed by atoms with Crippen LogP contribution in [0.3, 0.4) is 0 Å². The summed E-state index contributed by atoms with van der Waals surface area (Å²) < 4.78 is 11.4. The number of nitrogens with one attached hydrogen (secondary N) is 1. The fourth-order valence-electron chi connectivity index (χ4n) is 3.42. The number of rotatable bonds is 6. The number of carbonyl (C=O) groups is 1. The van der Waals surface area contributed by atoms with Crippen LogP contribution in [0.2, 0.25) is 0 Å². The molecule has 0 aliphatic heterocycles. The lowest BCUT2D eigenvalue weighted by Crippen LogP contribution is -2.40. The maximum Gasteiger partial charge on any atom is 0.407 e. The zero-order valence-corrected chi connectivity index (χ0v) is 16.6. The van der Waals surface area contributed by atoms with Crippen molar-refractivity contribution in [2.45, 2.75) is 51.7 Å². The molecule has 4 nitrogen and oxygen atoms in total. The van der Waals surface area contributed by atoms with E-state index in [1.165, 1.54) is 22.3 Å². The number of alkyl carbamates (subject to hydrolysis) is 1. The van der Waals surface area contributed by atoms with Gasteiger partial charge in [0.1, 0.15) is 6.61 Å². The highest BCUT2D eigenvalue weighted by molar-refractivity contribution is 5.79. The molecule has 0 fully saturated rings. The second-order valence-corrected chi connectivity index (χ2v) is 8.00. The zero-order valence-electron chi connectivity index (χ0n) is 16.6. The predicted molar refractivity (Wildman–Crippen MR) is 108 cm³/mol. The number of hydrogen-bond acceptors (Lipinski definition) is 3. The van der Waals surface area contributed by atoms with Gasteiger partial charge in [-0.2, -0.15) is 0 Å². The first-order chi connectivity index (χ1) is 12.9. The second kappa shape index (κ2) is 8.13. The van der Waals surface area contributed by atoms with Gasteiger partial charge >= 0.3 is 6.09 Å². The number of amides is 1. The molecule has 0 aromatic heterocycles. The van der Waals surface area contributed by atoms with E-state index in [1.54, 1.807) is 0 Å². The van der Waals surface area contributed by atoms with E-state index < -0.39 is 0 Å². The smallest absolute Gasteiger partial charge is 0.407 e. The van der Waals surface area contributed by atoms with E-state index in [2.05, 4.69) is 29.6 Å². The average molecular weight is 367 g/mol. The Labute approximate surface area is 161 Å². The van der Waals surface area contributed by atoms with Gasteiger partial charge in [0.2, 0.25) is 0 Å². The molecule has 1 atom stereocenters. The topological polar surface area (TPSA) is 47.6 Å². The van der Waals surface area contributed by atoms with Crippen molar-refractivity contribution in [3.05, 3.63) is 59.7 Å². The Kier molecular flexibility index (Phi) is 5.85. The molecule has 0 unspecified atom stereocenters. The van der Waals surface area contributed by atoms with Gasteiger partial charge in [-0.1, -0.05) is 55.5 Å². The van der Waals surface area contributed by atoms with E-state index in [-0.39, 0.29) is 23.7 Å². The Hall–Kier alpha value is -2.33. The third kappa shape index (κ3) is 4.69. The summed E-state index contributed by atoms with van der Waals surface area (Å²) in [7, 11) is 0. The van der Waals surface area contributed by atoms with Gasteiger partial charge < -0.3 is 14.8 Å². The summed E-state index contributed by atoms with van der Waals surface area (Å²) >= 11 is 0. The minimum absolute atomic E-state index is 0.0557. The summed E-state index contributed by atoms with van der Waals surface area (Å²) in [4.78, 5) is 12.3. The lowest BCUT2D eigenvalue weighted by Gasteiger charge is -2.24. The molecule has 0 heterocycles. The Morgan fingerprint density at radius 3 is 2.11 bits per heavy atom. The van der Waals surface area contributed by atoms with Crippen molar-refractivity contribution in [1.82, 2.24) is 5.32 Å². The molecule has 1 amide bonds. The van der Waals surface area contributed by atoms with E-state index in [4.69, 9.17) is 9.47 Å². The van der Waals surface area contributed by atoms with E-state index in [9.17, 15) is 4.79 Å². The second-order valence-electron chi connectivity index (χ2n) is 8.00. The van der Waals surface area contributed by atoms with Crippen molar-refractivity contribution < 1.29 is 14.3 Å². The number of ether oxygens (including phenoxy) is 2. The number of fused-ring (bicyclic) bond motifs is 3. The molecule has 0 bridgehead atoms. The third-order valence-corrected chi connectivity index (χ3v) is 4.88. The van der Waals surface area contributed by atoms with Crippen molar-refractivity contribution in [3.63, 3.8) is 0 Å². The molecule has 2 aromatic carbocycles. The molecule has 1 N–H and O–H groups in total. The minimum Gasteiger partial charge on any atom is -0.449 e. The largest absolute Gasteiger partial charge is 0.449 e. The van der Waals surface area contributed by atoms with Crippen LogP contribution in [-0.4, -0.2) is 30.9 Å². The van der Waals surface area contributed by atoms with Crippen LogP contribution in [0.4, 0.5) is 4.79 Å². The summed E-state index contributed by atoms with van der Waals surface area (Å²) in [6.07, 6.45) is 0.404. The van der Waals surface area contributed by atoms with Gasteiger partial charge in [0, 0.05) is 5.92 Å². The van der Waals surface area contributed by atoms with E-state index in [0.717, 1.165) is 6.42 Å². The van der Waals surface area contributed by atoms with E-state index in [0.29, 0.717) is 13.2 Å². The monoisotopic (exact) mass is 367 g/mol. The third-order valence-electron chi connectivity index (χ3n) is 4.88. The lowest BCUT2D eigenvalue weighted by atomic mass is 9.98. The minimum atomic E-state index is -0.388. The van der Waals surface area contributed by atoms with Crippen molar-refractivity contribution in [2.75, 3.05) is 13.2 Å². The zero-order chi connectivity index (χ0) is 19.4. The molecule has 0 saturated carbocycles. The first-order valence-corrected chi connectivity index (χ1v) is 9.64. The molecule has 0 spiro atoms. The molecule has 27 heavy (non-hydrogen) atoms. The van der Waals surface area contributed by atoms with Crippen molar-refractivity contribution >= 4 is 6.09 Å². The fourth-order valence-corrected chi connectivity index (χ4v) is 3.42. The van der Waals surface area contributed by atoms with Crippen molar-refractivity contribution in [2.24, 2.45) is 0 Å². The Bertz CT molecular complexity index is 749. The fraction of sp³-hybridized carbons (Fsp3) is 0.435. The highest BCUT2D eigenvalue weighted by atomic mass is 16.5. The molecule has 2 aromatic rings. The Morgan fingerprint density at radius 1 is 1.04 bits per heavy atom. The number of benzene rings is 2. The highest BCUT2D eigenvalue weighted by Gasteiger charge is 2.29. The summed E-state index contributed by atoms with van der Waals surface area (Å²) in [6, 6.07) is 16.6. The van der Waals surface area contributed by atoms with Gasteiger partial charge in [-0.05, 0) is 49.4 Å². The molecule has 1 aliphatic rings. The van der Waals surface area contributed by atoms with Crippen LogP contribution in [0.1, 0.15) is 51.2 Å². The summed E-state index contributed by atoms with van der Waals surface area (Å²) in [6.45, 7) is 8.86. The van der Waals surface area contributed by atoms with Gasteiger partial charge in [0.25, 0.3) is 0 Å². The Morgan fingerprint density at radius 2 is 1.59 bits per heavy atom. The average Bonchev–Trinajstić information content (AvgIpc) is 2.97. The molecule has 0 radical (unpaired) electrons. The molecule has 1 aliphatic carbocycles. The van der Waals surface area contributed by atoms with Gasteiger partial charge in [0.15, 0.2) is 0 Å². The molecule has 4 heteroatoms. The quantitative estimate of drug-likeness (QED) is 0.771. The molecular formula is C23H29NO3. The molecule has 0 saturated heterocycles. The molecular weight excluding hydrogens is 338 g/mol. The van der Waals surface area contributed by atoms with Crippen molar-refractivity contribution in [3.8, 4) is 11.1 Å². The van der Waals surface area contributed by atoms with Crippen LogP contribution in [0.5, 0.6) is 0 Å². The van der Waals surface area contributed by atoms with Crippen LogP contribution in [-0.2, 0) is 9.47 Å². The van der Waals surface area contributed by atoms with E-state index in [1.807, 2.05) is 52.0 Å². The summed E-state index contributed by atoms with van der Waals surface area (Å²) in [5, 5.41) is 2.93. The first kappa shape index (κ1) is 19.4. The highest BCUT2D eigenvalue weighted by Crippen LogP contribution is 2.44. The molecule has 3 rings (SSSR count).